The first-order valence-electron chi connectivity index (χ1n) is 9.31. The van der Waals surface area contributed by atoms with Gasteiger partial charge in [-0.2, -0.15) is 5.26 Å². The maximum atomic E-state index is 11.2. The highest BCUT2D eigenvalue weighted by molar-refractivity contribution is 5.86. The molecule has 7 nitrogen and oxygen atoms in total. The molecule has 30 heavy (non-hydrogen) atoms. The third-order valence-electron chi connectivity index (χ3n) is 5.35. The first-order chi connectivity index (χ1) is 14.0. The molecule has 0 radical (unpaired) electrons. The number of hydrogen-bond acceptors (Lipinski definition) is 6. The number of ether oxygens (including phenoxy) is 2. The van der Waals surface area contributed by atoms with Gasteiger partial charge < -0.3 is 25.2 Å². The largest absolute Gasteiger partial charge is 0.496 e. The van der Waals surface area contributed by atoms with Gasteiger partial charge in [-0.25, -0.2) is 0 Å². The Morgan fingerprint density at radius 1 is 1.33 bits per heavy atom. The fourth-order valence-corrected chi connectivity index (χ4v) is 3.88. The molecule has 3 N–H and O–H groups in total. The quantitative estimate of drug-likeness (QED) is 0.670. The molecule has 2 aromatic carbocycles. The van der Waals surface area contributed by atoms with Gasteiger partial charge in [0.25, 0.3) is 0 Å². The van der Waals surface area contributed by atoms with Crippen molar-refractivity contribution in [3.05, 3.63) is 53.6 Å². The lowest BCUT2D eigenvalue weighted by atomic mass is 9.90. The summed E-state index contributed by atoms with van der Waals surface area (Å²) in [4.78, 5) is 11.2. The Balaban J connectivity index is 0.00000256. The Labute approximate surface area is 180 Å². The Kier molecular flexibility index (Phi) is 6.32. The summed E-state index contributed by atoms with van der Waals surface area (Å²) in [5.74, 6) is -0.182. The van der Waals surface area contributed by atoms with Crippen LogP contribution in [0.1, 0.15) is 29.3 Å². The van der Waals surface area contributed by atoms with E-state index in [1.165, 1.54) is 0 Å². The van der Waals surface area contributed by atoms with Gasteiger partial charge in [0, 0.05) is 35.3 Å². The highest BCUT2D eigenvalue weighted by Gasteiger charge is 2.34. The monoisotopic (exact) mass is 427 g/mol. The third-order valence-corrected chi connectivity index (χ3v) is 5.35. The molecule has 4 rings (SSSR count). The summed E-state index contributed by atoms with van der Waals surface area (Å²) in [5, 5.41) is 24.8. The molecular weight excluding hydrogens is 406 g/mol. The van der Waals surface area contributed by atoms with E-state index in [9.17, 15) is 15.2 Å². The van der Waals surface area contributed by atoms with Crippen molar-refractivity contribution < 1.29 is 19.4 Å². The van der Waals surface area contributed by atoms with Gasteiger partial charge in [-0.15, -0.1) is 12.4 Å². The van der Waals surface area contributed by atoms with E-state index in [4.69, 9.17) is 9.47 Å². The molecule has 2 aliphatic heterocycles. The maximum absolute atomic E-state index is 11.2. The molecule has 2 heterocycles. The molecular formula is C22H22ClN3O4. The maximum Gasteiger partial charge on any atom is 0.320 e. The molecule has 1 unspecified atom stereocenters. The summed E-state index contributed by atoms with van der Waals surface area (Å²) < 4.78 is 11.8. The number of nitriles is 1. The Morgan fingerprint density at radius 2 is 2.13 bits per heavy atom. The number of methoxy groups -OCH3 is 1. The Bertz CT molecular complexity index is 1030. The number of carboxylic acid groups (broad SMARTS) is 1. The van der Waals surface area contributed by atoms with E-state index in [-0.39, 0.29) is 18.5 Å². The highest BCUT2D eigenvalue weighted by Crippen LogP contribution is 2.44. The van der Waals surface area contributed by atoms with Crippen molar-refractivity contribution in [2.24, 2.45) is 0 Å². The van der Waals surface area contributed by atoms with Crippen molar-refractivity contribution in [2.45, 2.75) is 24.8 Å². The summed E-state index contributed by atoms with van der Waals surface area (Å²) >= 11 is 0. The SMILES string of the molecule is C=Cc1cc2c(cc1OC)-c1ccc(C#N)cc1NC2O[C@H]1CN[C@H](C(=O)O)C1.Cl. The van der Waals surface area contributed by atoms with Crippen LogP contribution in [0.3, 0.4) is 0 Å². The van der Waals surface area contributed by atoms with Crippen LogP contribution in [0.4, 0.5) is 5.69 Å². The molecule has 0 spiro atoms. The molecule has 2 aliphatic rings. The summed E-state index contributed by atoms with van der Waals surface area (Å²) in [5.41, 5.74) is 4.97. The topological polar surface area (TPSA) is 104 Å². The van der Waals surface area contributed by atoms with Gasteiger partial charge in [0.15, 0.2) is 6.23 Å². The van der Waals surface area contributed by atoms with Crippen LogP contribution in [0, 0.1) is 11.3 Å². The number of hydrogen-bond donors (Lipinski definition) is 3. The second-order valence-electron chi connectivity index (χ2n) is 7.07. The molecule has 0 bridgehead atoms. The minimum Gasteiger partial charge on any atom is -0.496 e. The normalized spacial score (nSPS) is 21.3. The van der Waals surface area contributed by atoms with Gasteiger partial charge in [0.05, 0.1) is 24.8 Å². The number of benzene rings is 2. The van der Waals surface area contributed by atoms with E-state index in [1.54, 1.807) is 25.3 Å². The molecule has 0 amide bonds. The van der Waals surface area contributed by atoms with Crippen LogP contribution < -0.4 is 15.4 Å². The fourth-order valence-electron chi connectivity index (χ4n) is 3.88. The lowest BCUT2D eigenvalue weighted by molar-refractivity contribution is -0.139. The van der Waals surface area contributed by atoms with Crippen LogP contribution in [0.25, 0.3) is 17.2 Å². The predicted molar refractivity (Wildman–Crippen MR) is 116 cm³/mol. The Hall–Kier alpha value is -3.05. The molecule has 3 atom stereocenters. The van der Waals surface area contributed by atoms with E-state index >= 15 is 0 Å². The molecule has 156 valence electrons. The van der Waals surface area contributed by atoms with Gasteiger partial charge in [-0.1, -0.05) is 18.7 Å². The summed E-state index contributed by atoms with van der Waals surface area (Å²) in [7, 11) is 1.61. The number of carboxylic acids is 1. The summed E-state index contributed by atoms with van der Waals surface area (Å²) in [6, 6.07) is 10.9. The highest BCUT2D eigenvalue weighted by atomic mass is 35.5. The molecule has 0 aromatic heterocycles. The lowest BCUT2D eigenvalue weighted by Gasteiger charge is -2.32. The number of halogens is 1. The second kappa shape index (κ2) is 8.76. The van der Waals surface area contributed by atoms with Crippen LogP contribution in [-0.4, -0.2) is 36.9 Å². The van der Waals surface area contributed by atoms with Crippen molar-refractivity contribution in [2.75, 3.05) is 19.0 Å². The van der Waals surface area contributed by atoms with Gasteiger partial charge in [-0.3, -0.25) is 4.79 Å². The average molecular weight is 428 g/mol. The number of fused-ring (bicyclic) bond motifs is 3. The van der Waals surface area contributed by atoms with Gasteiger partial charge in [0.1, 0.15) is 11.8 Å². The standard InChI is InChI=1S/C22H21N3O4.ClH/c1-3-13-7-17-16(9-20(13)28-2)15-5-4-12(10-23)6-18(15)25-21(17)29-14-8-19(22(26)27)24-11-14;/h3-7,9,14,19,21,24-25H,1,8,11H2,2H3,(H,26,27);1H/t14-,19+,21?;/m1./s1. The van der Waals surface area contributed by atoms with Crippen molar-refractivity contribution >= 4 is 30.1 Å². The van der Waals surface area contributed by atoms with Crippen LogP contribution >= 0.6 is 12.4 Å². The molecule has 2 aromatic rings. The number of rotatable bonds is 5. The third kappa shape index (κ3) is 3.85. The molecule has 8 heteroatoms. The number of carbonyl (C=O) groups is 1. The Morgan fingerprint density at radius 3 is 2.77 bits per heavy atom. The zero-order valence-corrected chi connectivity index (χ0v) is 17.2. The van der Waals surface area contributed by atoms with Crippen molar-refractivity contribution in [1.29, 1.82) is 5.26 Å². The van der Waals surface area contributed by atoms with E-state index in [1.807, 2.05) is 18.2 Å². The molecule has 1 fully saturated rings. The van der Waals surface area contributed by atoms with Gasteiger partial charge >= 0.3 is 5.97 Å². The molecule has 0 saturated carbocycles. The first kappa shape index (κ1) is 21.7. The lowest BCUT2D eigenvalue weighted by Crippen LogP contribution is -2.30. The van der Waals surface area contributed by atoms with Gasteiger partial charge in [0.2, 0.25) is 0 Å². The van der Waals surface area contributed by atoms with Crippen LogP contribution in [0.2, 0.25) is 0 Å². The number of anilines is 1. The van der Waals surface area contributed by atoms with E-state index in [2.05, 4.69) is 23.3 Å². The number of nitrogens with one attached hydrogen (secondary N) is 2. The van der Waals surface area contributed by atoms with E-state index in [0.29, 0.717) is 24.3 Å². The smallest absolute Gasteiger partial charge is 0.320 e. The van der Waals surface area contributed by atoms with Gasteiger partial charge in [-0.05, 0) is 29.8 Å². The summed E-state index contributed by atoms with van der Waals surface area (Å²) in [6.45, 7) is 4.32. The summed E-state index contributed by atoms with van der Waals surface area (Å²) in [6.07, 6.45) is 1.37. The zero-order chi connectivity index (χ0) is 20.5. The number of nitrogens with zero attached hydrogens (tertiary/aromatic N) is 1. The second-order valence-corrected chi connectivity index (χ2v) is 7.07. The van der Waals surface area contributed by atoms with Crippen molar-refractivity contribution in [1.82, 2.24) is 5.32 Å². The first-order valence-corrected chi connectivity index (χ1v) is 9.31. The van der Waals surface area contributed by atoms with E-state index in [0.717, 1.165) is 27.9 Å². The molecule has 0 aliphatic carbocycles. The van der Waals surface area contributed by atoms with Crippen LogP contribution in [0.5, 0.6) is 5.75 Å². The number of aliphatic carboxylic acids is 1. The zero-order valence-electron chi connectivity index (χ0n) is 16.3. The predicted octanol–water partition coefficient (Wildman–Crippen LogP) is 3.55. The molecule has 1 saturated heterocycles. The van der Waals surface area contributed by atoms with Crippen molar-refractivity contribution in [3.63, 3.8) is 0 Å². The minimum atomic E-state index is -0.879. The minimum absolute atomic E-state index is 0. The van der Waals surface area contributed by atoms with E-state index < -0.39 is 18.2 Å². The van der Waals surface area contributed by atoms with Crippen molar-refractivity contribution in [3.8, 4) is 22.9 Å². The fraction of sp³-hybridized carbons (Fsp3) is 0.273. The van der Waals surface area contributed by atoms with Crippen LogP contribution in [-0.2, 0) is 9.53 Å². The average Bonchev–Trinajstić information content (AvgIpc) is 3.21. The van der Waals surface area contributed by atoms with Crippen LogP contribution in [0.15, 0.2) is 36.9 Å².